The second kappa shape index (κ2) is 6.28. The van der Waals surface area contributed by atoms with Crippen molar-refractivity contribution in [3.05, 3.63) is 95.1 Å². The summed E-state index contributed by atoms with van der Waals surface area (Å²) in [7, 11) is 1.57. The number of anilines is 1. The molecule has 150 valence electrons. The molecule has 3 aromatic carbocycles. The van der Waals surface area contributed by atoms with Crippen molar-refractivity contribution in [2.24, 2.45) is 0 Å². The van der Waals surface area contributed by atoms with E-state index >= 15 is 0 Å². The van der Waals surface area contributed by atoms with Gasteiger partial charge in [-0.25, -0.2) is 0 Å². The Hall–Kier alpha value is -3.44. The summed E-state index contributed by atoms with van der Waals surface area (Å²) in [6.45, 7) is 1.89. The number of Topliss-reactive ketones (excluding diaryl/α,β-unsaturated/α-hetero) is 1. The lowest BCUT2D eigenvalue weighted by Gasteiger charge is -2.40. The zero-order valence-corrected chi connectivity index (χ0v) is 16.8. The van der Waals surface area contributed by atoms with Crippen molar-refractivity contribution in [2.45, 2.75) is 24.5 Å². The normalized spacial score (nSPS) is 24.7. The summed E-state index contributed by atoms with van der Waals surface area (Å²) in [6, 6.07) is 21.5. The number of methoxy groups -OCH3 is 1. The molecular weight excluding hydrogens is 378 g/mol. The number of fused-ring (bicyclic) bond motifs is 3. The number of aryl methyl sites for hydroxylation is 1. The molecule has 0 saturated carbocycles. The summed E-state index contributed by atoms with van der Waals surface area (Å²) in [4.78, 5) is 28.6. The van der Waals surface area contributed by atoms with Crippen molar-refractivity contribution in [3.8, 4) is 5.75 Å². The molecule has 0 spiro atoms. The van der Waals surface area contributed by atoms with Gasteiger partial charge in [0.1, 0.15) is 11.2 Å². The van der Waals surface area contributed by atoms with Gasteiger partial charge >= 0.3 is 0 Å². The van der Waals surface area contributed by atoms with Gasteiger partial charge in [-0.15, -0.1) is 0 Å². The van der Waals surface area contributed by atoms with Crippen LogP contribution in [-0.4, -0.2) is 23.9 Å². The van der Waals surface area contributed by atoms with Crippen LogP contribution in [0.3, 0.4) is 0 Å². The average Bonchev–Trinajstić information content (AvgIpc) is 3.12. The first-order valence-corrected chi connectivity index (χ1v) is 9.85. The number of ether oxygens (including phenoxy) is 1. The lowest BCUT2D eigenvalue weighted by Crippen LogP contribution is -2.53. The number of ketones is 1. The highest BCUT2D eigenvalue weighted by Crippen LogP contribution is 2.60. The molecule has 1 N–H and O–H groups in total. The molecule has 1 saturated heterocycles. The summed E-state index contributed by atoms with van der Waals surface area (Å²) in [5, 5.41) is 12.3. The van der Waals surface area contributed by atoms with Crippen LogP contribution in [0.4, 0.5) is 5.69 Å². The van der Waals surface area contributed by atoms with Crippen LogP contribution in [-0.2, 0) is 15.9 Å². The lowest BCUT2D eigenvalue weighted by molar-refractivity contribution is -0.118. The Kier molecular flexibility index (Phi) is 3.89. The molecule has 1 heterocycles. The summed E-state index contributed by atoms with van der Waals surface area (Å²) in [5.41, 5.74) is -0.300. The van der Waals surface area contributed by atoms with Crippen LogP contribution in [0.1, 0.15) is 33.5 Å². The second-order valence-electron chi connectivity index (χ2n) is 7.87. The molecule has 2 aliphatic rings. The molecule has 2 unspecified atom stereocenters. The fourth-order valence-corrected chi connectivity index (χ4v) is 5.04. The van der Waals surface area contributed by atoms with Crippen LogP contribution in [0.5, 0.6) is 5.75 Å². The predicted molar refractivity (Wildman–Crippen MR) is 113 cm³/mol. The topological polar surface area (TPSA) is 66.8 Å². The van der Waals surface area contributed by atoms with Gasteiger partial charge in [-0.1, -0.05) is 54.6 Å². The van der Waals surface area contributed by atoms with Gasteiger partial charge in [-0.05, 0) is 36.2 Å². The van der Waals surface area contributed by atoms with Crippen LogP contribution in [0.15, 0.2) is 72.8 Å². The minimum absolute atomic E-state index is 0.113. The Morgan fingerprint density at radius 3 is 2.30 bits per heavy atom. The lowest BCUT2D eigenvalue weighted by atomic mass is 9.71. The molecule has 0 bridgehead atoms. The van der Waals surface area contributed by atoms with Crippen molar-refractivity contribution in [3.63, 3.8) is 0 Å². The van der Waals surface area contributed by atoms with Crippen molar-refractivity contribution < 1.29 is 19.4 Å². The molecule has 2 atom stereocenters. The molecule has 1 aliphatic carbocycles. The SMILES string of the molecule is COc1ccc(C23CC(=O)N(c4ccccc4C)C2(O)c2ccccc2C3=O)cc1. The van der Waals surface area contributed by atoms with E-state index in [0.29, 0.717) is 28.1 Å². The summed E-state index contributed by atoms with van der Waals surface area (Å²) < 4.78 is 5.26. The zero-order valence-electron chi connectivity index (χ0n) is 16.8. The number of hydrogen-bond acceptors (Lipinski definition) is 4. The highest BCUT2D eigenvalue weighted by Gasteiger charge is 2.72. The third kappa shape index (κ3) is 2.10. The summed E-state index contributed by atoms with van der Waals surface area (Å²) >= 11 is 0. The quantitative estimate of drug-likeness (QED) is 0.729. The molecule has 30 heavy (non-hydrogen) atoms. The fourth-order valence-electron chi connectivity index (χ4n) is 5.04. The van der Waals surface area contributed by atoms with E-state index in [9.17, 15) is 14.7 Å². The molecule has 0 aromatic heterocycles. The number of hydrogen-bond donors (Lipinski definition) is 1. The first-order chi connectivity index (χ1) is 14.4. The van der Waals surface area contributed by atoms with E-state index in [1.807, 2.05) is 25.1 Å². The molecule has 1 aliphatic heterocycles. The number of carbonyl (C=O) groups excluding carboxylic acids is 2. The van der Waals surface area contributed by atoms with Gasteiger partial charge in [-0.3, -0.25) is 14.5 Å². The smallest absolute Gasteiger partial charge is 0.231 e. The number of nitrogens with zero attached hydrogens (tertiary/aromatic N) is 1. The Morgan fingerprint density at radius 2 is 1.60 bits per heavy atom. The Bertz CT molecular complexity index is 1190. The molecule has 5 nitrogen and oxygen atoms in total. The third-order valence-corrected chi connectivity index (χ3v) is 6.46. The minimum Gasteiger partial charge on any atom is -0.497 e. The van der Waals surface area contributed by atoms with Gasteiger partial charge in [-0.2, -0.15) is 0 Å². The van der Waals surface area contributed by atoms with Gasteiger partial charge in [0.05, 0.1) is 7.11 Å². The molecule has 5 rings (SSSR count). The standard InChI is InChI=1S/C25H21NO4/c1-16-7-3-6-10-21(16)26-22(27)15-24(17-11-13-18(30-2)14-12-17)23(28)19-8-4-5-9-20(19)25(24,26)29/h3-14,29H,15H2,1-2H3. The van der Waals surface area contributed by atoms with Crippen molar-refractivity contribution in [2.75, 3.05) is 12.0 Å². The number of carbonyl (C=O) groups is 2. The fraction of sp³-hybridized carbons (Fsp3) is 0.200. The molecule has 1 amide bonds. The first-order valence-electron chi connectivity index (χ1n) is 9.85. The van der Waals surface area contributed by atoms with Gasteiger partial charge in [0.15, 0.2) is 11.5 Å². The molecule has 1 fully saturated rings. The van der Waals surface area contributed by atoms with Crippen LogP contribution in [0.2, 0.25) is 0 Å². The van der Waals surface area contributed by atoms with Crippen LogP contribution < -0.4 is 9.64 Å². The molecule has 3 aromatic rings. The van der Waals surface area contributed by atoms with Crippen LogP contribution in [0, 0.1) is 6.92 Å². The number of aliphatic hydroxyl groups is 1. The van der Waals surface area contributed by atoms with E-state index in [1.54, 1.807) is 61.7 Å². The largest absolute Gasteiger partial charge is 0.497 e. The maximum atomic E-state index is 13.8. The van der Waals surface area contributed by atoms with Crippen molar-refractivity contribution in [1.29, 1.82) is 0 Å². The van der Waals surface area contributed by atoms with Crippen molar-refractivity contribution >= 4 is 17.4 Å². The summed E-state index contributed by atoms with van der Waals surface area (Å²) in [6.07, 6.45) is -0.113. The Morgan fingerprint density at radius 1 is 0.933 bits per heavy atom. The molecule has 5 heteroatoms. The monoisotopic (exact) mass is 399 g/mol. The first kappa shape index (κ1) is 18.6. The van der Waals surface area contributed by atoms with Crippen molar-refractivity contribution in [1.82, 2.24) is 0 Å². The van der Waals surface area contributed by atoms with E-state index in [0.717, 1.165) is 5.56 Å². The van der Waals surface area contributed by atoms with Crippen LogP contribution in [0.25, 0.3) is 0 Å². The maximum Gasteiger partial charge on any atom is 0.231 e. The van der Waals surface area contributed by atoms with E-state index < -0.39 is 11.1 Å². The highest BCUT2D eigenvalue weighted by atomic mass is 16.5. The third-order valence-electron chi connectivity index (χ3n) is 6.46. The minimum atomic E-state index is -1.82. The average molecular weight is 399 g/mol. The predicted octanol–water partition coefficient (Wildman–Crippen LogP) is 3.72. The number of benzene rings is 3. The second-order valence-corrected chi connectivity index (χ2v) is 7.87. The summed E-state index contributed by atoms with van der Waals surface area (Å²) in [5.74, 6) is 0.113. The van der Waals surface area contributed by atoms with E-state index in [1.165, 1.54) is 4.90 Å². The van der Waals surface area contributed by atoms with Crippen LogP contribution >= 0.6 is 0 Å². The Balaban J connectivity index is 1.83. The van der Waals surface area contributed by atoms with Gasteiger partial charge < -0.3 is 9.84 Å². The maximum absolute atomic E-state index is 13.8. The number of rotatable bonds is 3. The molecular formula is C25H21NO4. The highest BCUT2D eigenvalue weighted by molar-refractivity contribution is 6.18. The van der Waals surface area contributed by atoms with Gasteiger partial charge in [0.25, 0.3) is 0 Å². The number of amides is 1. The Labute approximate surface area is 174 Å². The number of para-hydroxylation sites is 1. The van der Waals surface area contributed by atoms with Gasteiger partial charge in [0, 0.05) is 23.2 Å². The zero-order chi connectivity index (χ0) is 21.1. The van der Waals surface area contributed by atoms with E-state index in [2.05, 4.69) is 0 Å². The molecule has 0 radical (unpaired) electrons. The van der Waals surface area contributed by atoms with E-state index in [4.69, 9.17) is 4.74 Å². The van der Waals surface area contributed by atoms with E-state index in [-0.39, 0.29) is 18.1 Å². The van der Waals surface area contributed by atoms with Gasteiger partial charge in [0.2, 0.25) is 5.91 Å².